The predicted octanol–water partition coefficient (Wildman–Crippen LogP) is 2.90. The van der Waals surface area contributed by atoms with Crippen LogP contribution in [0.3, 0.4) is 0 Å². The Morgan fingerprint density at radius 3 is 2.53 bits per heavy atom. The van der Waals surface area contributed by atoms with Crippen molar-refractivity contribution < 1.29 is 9.50 Å². The molecule has 0 amide bonds. The average Bonchev–Trinajstić information content (AvgIpc) is 2.93. The predicted molar refractivity (Wildman–Crippen MR) is 75.5 cm³/mol. The number of hydrogen-bond donors (Lipinski definition) is 2. The molecule has 0 radical (unpaired) electrons. The third kappa shape index (κ3) is 4.59. The maximum atomic E-state index is 12.8. The maximum Gasteiger partial charge on any atom is 0.123 e. The molecule has 1 fully saturated rings. The maximum absolute atomic E-state index is 12.8. The Balaban J connectivity index is 1.71. The van der Waals surface area contributed by atoms with Crippen molar-refractivity contribution in [3.8, 4) is 0 Å². The lowest BCUT2D eigenvalue weighted by atomic mass is 10.0. The summed E-state index contributed by atoms with van der Waals surface area (Å²) in [5.74, 6) is 0.284. The second-order valence-corrected chi connectivity index (χ2v) is 5.75. The minimum Gasteiger partial charge on any atom is -0.392 e. The molecule has 19 heavy (non-hydrogen) atoms. The summed E-state index contributed by atoms with van der Waals surface area (Å²) >= 11 is 0. The van der Waals surface area contributed by atoms with Crippen LogP contribution in [0.2, 0.25) is 0 Å². The molecule has 0 aromatic heterocycles. The van der Waals surface area contributed by atoms with E-state index in [0.29, 0.717) is 18.5 Å². The van der Waals surface area contributed by atoms with Crippen molar-refractivity contribution in [2.45, 2.75) is 51.2 Å². The smallest absolute Gasteiger partial charge is 0.123 e. The molecule has 2 atom stereocenters. The van der Waals surface area contributed by atoms with E-state index in [9.17, 15) is 9.50 Å². The second kappa shape index (κ2) is 7.01. The van der Waals surface area contributed by atoms with E-state index in [2.05, 4.69) is 12.2 Å². The average molecular weight is 265 g/mol. The van der Waals surface area contributed by atoms with Crippen molar-refractivity contribution in [1.82, 2.24) is 5.32 Å². The van der Waals surface area contributed by atoms with Crippen LogP contribution in [0.4, 0.5) is 4.39 Å². The number of nitrogens with one attached hydrogen (secondary N) is 1. The third-order valence-electron chi connectivity index (χ3n) is 4.07. The van der Waals surface area contributed by atoms with E-state index in [1.54, 1.807) is 0 Å². The Morgan fingerprint density at radius 1 is 1.26 bits per heavy atom. The lowest BCUT2D eigenvalue weighted by Gasteiger charge is -2.21. The van der Waals surface area contributed by atoms with Gasteiger partial charge in [-0.25, -0.2) is 4.39 Å². The standard InChI is InChI=1S/C16H24FNO/c1-12(10-13-6-8-15(17)9-7-13)18-11-16(19)14-4-2-3-5-14/h6-9,12,14,16,18-19H,2-5,10-11H2,1H3. The van der Waals surface area contributed by atoms with Crippen LogP contribution in [0.25, 0.3) is 0 Å². The van der Waals surface area contributed by atoms with Gasteiger partial charge in [-0.2, -0.15) is 0 Å². The number of aliphatic hydroxyl groups is 1. The molecule has 2 N–H and O–H groups in total. The van der Waals surface area contributed by atoms with Crippen LogP contribution >= 0.6 is 0 Å². The zero-order valence-electron chi connectivity index (χ0n) is 11.6. The highest BCUT2D eigenvalue weighted by Gasteiger charge is 2.23. The van der Waals surface area contributed by atoms with Crippen molar-refractivity contribution in [1.29, 1.82) is 0 Å². The molecule has 3 heteroatoms. The third-order valence-corrected chi connectivity index (χ3v) is 4.07. The fourth-order valence-electron chi connectivity index (χ4n) is 2.88. The van der Waals surface area contributed by atoms with E-state index in [4.69, 9.17) is 0 Å². The molecule has 0 heterocycles. The van der Waals surface area contributed by atoms with Crippen molar-refractivity contribution in [3.05, 3.63) is 35.6 Å². The molecule has 1 aromatic carbocycles. The number of hydrogen-bond acceptors (Lipinski definition) is 2. The molecule has 106 valence electrons. The first kappa shape index (κ1) is 14.5. The summed E-state index contributed by atoms with van der Waals surface area (Å²) in [5, 5.41) is 13.5. The van der Waals surface area contributed by atoms with Crippen molar-refractivity contribution >= 4 is 0 Å². The Morgan fingerprint density at radius 2 is 1.89 bits per heavy atom. The van der Waals surface area contributed by atoms with E-state index in [-0.39, 0.29) is 11.9 Å². The number of benzene rings is 1. The van der Waals surface area contributed by atoms with E-state index in [1.807, 2.05) is 12.1 Å². The molecule has 1 aliphatic rings. The molecule has 0 bridgehead atoms. The molecule has 1 saturated carbocycles. The summed E-state index contributed by atoms with van der Waals surface area (Å²) in [7, 11) is 0. The molecule has 0 saturated heterocycles. The van der Waals surface area contributed by atoms with Crippen LogP contribution in [-0.2, 0) is 6.42 Å². The Hall–Kier alpha value is -0.930. The molecule has 2 unspecified atom stereocenters. The van der Waals surface area contributed by atoms with Gasteiger partial charge < -0.3 is 10.4 Å². The fourth-order valence-corrected chi connectivity index (χ4v) is 2.88. The van der Waals surface area contributed by atoms with Crippen LogP contribution in [0.15, 0.2) is 24.3 Å². The number of aliphatic hydroxyl groups excluding tert-OH is 1. The molecular weight excluding hydrogens is 241 g/mol. The molecular formula is C16H24FNO. The van der Waals surface area contributed by atoms with Gasteiger partial charge in [0.1, 0.15) is 5.82 Å². The lowest BCUT2D eigenvalue weighted by molar-refractivity contribution is 0.106. The first-order chi connectivity index (χ1) is 9.15. The summed E-state index contributed by atoms with van der Waals surface area (Å²) in [6.45, 7) is 2.76. The quantitative estimate of drug-likeness (QED) is 0.829. The molecule has 1 aliphatic carbocycles. The van der Waals surface area contributed by atoms with Crippen LogP contribution in [-0.4, -0.2) is 23.8 Å². The van der Waals surface area contributed by atoms with Crippen LogP contribution < -0.4 is 5.32 Å². The molecule has 2 nitrogen and oxygen atoms in total. The highest BCUT2D eigenvalue weighted by atomic mass is 19.1. The summed E-state index contributed by atoms with van der Waals surface area (Å²) in [6, 6.07) is 6.92. The molecule has 0 spiro atoms. The minimum atomic E-state index is -0.224. The van der Waals surface area contributed by atoms with Crippen LogP contribution in [0, 0.1) is 11.7 Å². The van der Waals surface area contributed by atoms with Gasteiger partial charge in [0.25, 0.3) is 0 Å². The summed E-state index contributed by atoms with van der Waals surface area (Å²) < 4.78 is 12.8. The zero-order chi connectivity index (χ0) is 13.7. The zero-order valence-corrected chi connectivity index (χ0v) is 11.6. The second-order valence-electron chi connectivity index (χ2n) is 5.75. The summed E-state index contributed by atoms with van der Waals surface area (Å²) in [4.78, 5) is 0. The van der Waals surface area contributed by atoms with Gasteiger partial charge in [-0.05, 0) is 49.8 Å². The van der Waals surface area contributed by atoms with Crippen molar-refractivity contribution in [2.75, 3.05) is 6.54 Å². The van der Waals surface area contributed by atoms with Crippen LogP contribution in [0.1, 0.15) is 38.2 Å². The van der Waals surface area contributed by atoms with Gasteiger partial charge >= 0.3 is 0 Å². The Bertz CT molecular complexity index is 373. The minimum absolute atomic E-state index is 0.194. The highest BCUT2D eigenvalue weighted by molar-refractivity contribution is 5.16. The van der Waals surface area contributed by atoms with E-state index < -0.39 is 0 Å². The molecule has 2 rings (SSSR count). The summed E-state index contributed by atoms with van der Waals surface area (Å²) in [5.41, 5.74) is 1.12. The topological polar surface area (TPSA) is 32.3 Å². The van der Waals surface area contributed by atoms with Gasteiger partial charge in [0.2, 0.25) is 0 Å². The first-order valence-electron chi connectivity index (χ1n) is 7.31. The largest absolute Gasteiger partial charge is 0.392 e. The van der Waals surface area contributed by atoms with E-state index in [1.165, 1.54) is 25.0 Å². The van der Waals surface area contributed by atoms with Gasteiger partial charge in [0.15, 0.2) is 0 Å². The van der Waals surface area contributed by atoms with Crippen LogP contribution in [0.5, 0.6) is 0 Å². The monoisotopic (exact) mass is 265 g/mol. The number of rotatable bonds is 6. The summed E-state index contributed by atoms with van der Waals surface area (Å²) in [6.07, 6.45) is 5.47. The van der Waals surface area contributed by atoms with Gasteiger partial charge in [-0.3, -0.25) is 0 Å². The highest BCUT2D eigenvalue weighted by Crippen LogP contribution is 2.27. The normalized spacial score (nSPS) is 19.5. The lowest BCUT2D eigenvalue weighted by Crippen LogP contribution is -2.37. The molecule has 0 aliphatic heterocycles. The molecule has 1 aromatic rings. The van der Waals surface area contributed by atoms with Gasteiger partial charge in [0.05, 0.1) is 6.10 Å². The van der Waals surface area contributed by atoms with Gasteiger partial charge in [0, 0.05) is 12.6 Å². The van der Waals surface area contributed by atoms with Gasteiger partial charge in [-0.15, -0.1) is 0 Å². The fraction of sp³-hybridized carbons (Fsp3) is 0.625. The first-order valence-corrected chi connectivity index (χ1v) is 7.31. The van der Waals surface area contributed by atoms with Crippen molar-refractivity contribution in [2.24, 2.45) is 5.92 Å². The van der Waals surface area contributed by atoms with E-state index >= 15 is 0 Å². The van der Waals surface area contributed by atoms with Crippen molar-refractivity contribution in [3.63, 3.8) is 0 Å². The Labute approximate surface area is 115 Å². The SMILES string of the molecule is CC(Cc1ccc(F)cc1)NCC(O)C1CCCC1. The van der Waals surface area contributed by atoms with Gasteiger partial charge in [-0.1, -0.05) is 25.0 Å². The number of halogens is 1. The Kier molecular flexibility index (Phi) is 5.34. The van der Waals surface area contributed by atoms with E-state index in [0.717, 1.165) is 24.8 Å².